The number of ketones is 1. The van der Waals surface area contributed by atoms with Gasteiger partial charge in [-0.3, -0.25) is 14.5 Å². The lowest BCUT2D eigenvalue weighted by atomic mass is 9.95. The second-order valence-corrected chi connectivity index (χ2v) is 10.8. The number of allylic oxidation sites excluding steroid dienone is 1. The highest BCUT2D eigenvalue weighted by Crippen LogP contribution is 2.44. The van der Waals surface area contributed by atoms with Crippen LogP contribution in [0.2, 0.25) is 0 Å². The van der Waals surface area contributed by atoms with Gasteiger partial charge in [-0.2, -0.15) is 0 Å². The fourth-order valence-corrected chi connectivity index (χ4v) is 5.80. The van der Waals surface area contributed by atoms with Crippen molar-refractivity contribution in [2.45, 2.75) is 38.6 Å². The van der Waals surface area contributed by atoms with E-state index >= 15 is 0 Å². The van der Waals surface area contributed by atoms with Crippen LogP contribution in [0, 0.1) is 0 Å². The quantitative estimate of drug-likeness (QED) is 0.141. The molecule has 0 bridgehead atoms. The van der Waals surface area contributed by atoms with Crippen molar-refractivity contribution in [2.24, 2.45) is 0 Å². The first kappa shape index (κ1) is 28.1. The minimum absolute atomic E-state index is 0.00671. The number of carbonyl (C=O) groups excluding carboxylic acids is 2. The van der Waals surface area contributed by atoms with Crippen LogP contribution < -0.4 is 14.4 Å². The maximum Gasteiger partial charge on any atom is 0.296 e. The van der Waals surface area contributed by atoms with E-state index in [1.165, 1.54) is 28.7 Å². The van der Waals surface area contributed by atoms with Crippen molar-refractivity contribution in [3.63, 3.8) is 0 Å². The lowest BCUT2D eigenvalue weighted by molar-refractivity contribution is -0.117. The molecule has 1 aliphatic rings. The molecule has 0 spiro atoms. The van der Waals surface area contributed by atoms with Crippen LogP contribution in [-0.4, -0.2) is 35.5 Å². The topological polar surface area (TPSA) is 89.0 Å². The Hall–Kier alpha value is -4.43. The zero-order valence-electron chi connectivity index (χ0n) is 23.1. The molecule has 3 aromatic carbocycles. The summed E-state index contributed by atoms with van der Waals surface area (Å²) in [4.78, 5) is 33.2. The number of unbranched alkanes of at least 4 members (excludes halogenated alkanes) is 3. The summed E-state index contributed by atoms with van der Waals surface area (Å²) in [6.45, 7) is 2.79. The van der Waals surface area contributed by atoms with Crippen molar-refractivity contribution in [3.05, 3.63) is 101 Å². The lowest BCUT2D eigenvalue weighted by Gasteiger charge is -2.24. The molecule has 0 radical (unpaired) electrons. The Labute approximate surface area is 243 Å². The standard InChI is InChI=1S/C33H32N2O5S/c1-3-4-5-9-20-40-24-15-13-23(14-16-24)30-29(27(36)19-12-22-10-7-6-8-11-22)31(37)32(38)35(30)33-34-26-18-17-25(39-2)21-28(26)41-33/h6-8,10-19,21,30,37H,3-5,9,20H2,1-2H3. The average Bonchev–Trinajstić information content (AvgIpc) is 3.54. The number of aliphatic hydroxyl groups is 1. The van der Waals surface area contributed by atoms with Crippen molar-refractivity contribution < 1.29 is 24.2 Å². The molecule has 5 rings (SSSR count). The van der Waals surface area contributed by atoms with Gasteiger partial charge in [0, 0.05) is 0 Å². The zero-order chi connectivity index (χ0) is 28.8. The number of thiazole rings is 1. The Morgan fingerprint density at radius 2 is 1.78 bits per heavy atom. The number of amides is 1. The van der Waals surface area contributed by atoms with Crippen LogP contribution in [0.4, 0.5) is 5.13 Å². The first-order valence-electron chi connectivity index (χ1n) is 13.7. The van der Waals surface area contributed by atoms with Gasteiger partial charge in [0.15, 0.2) is 16.7 Å². The summed E-state index contributed by atoms with van der Waals surface area (Å²) in [5, 5.41) is 11.4. The molecule has 1 amide bonds. The Kier molecular flexibility index (Phi) is 8.79. The summed E-state index contributed by atoms with van der Waals surface area (Å²) in [5.74, 6) is -0.325. The van der Waals surface area contributed by atoms with Gasteiger partial charge in [-0.15, -0.1) is 0 Å². The van der Waals surface area contributed by atoms with E-state index in [-0.39, 0.29) is 5.57 Å². The SMILES string of the molecule is CCCCCCOc1ccc(C2C(C(=O)C=Cc3ccccc3)=C(O)C(=O)N2c2nc3ccc(OC)cc3s2)cc1. The van der Waals surface area contributed by atoms with Gasteiger partial charge in [-0.05, 0) is 54.0 Å². The van der Waals surface area contributed by atoms with Gasteiger partial charge >= 0.3 is 0 Å². The molecule has 4 aromatic rings. The number of anilines is 1. The highest BCUT2D eigenvalue weighted by Gasteiger charge is 2.45. The normalized spacial score (nSPS) is 15.3. The largest absolute Gasteiger partial charge is 0.503 e. The van der Waals surface area contributed by atoms with Crippen LogP contribution in [0.15, 0.2) is 90.2 Å². The summed E-state index contributed by atoms with van der Waals surface area (Å²) < 4.78 is 12.1. The van der Waals surface area contributed by atoms with E-state index in [2.05, 4.69) is 11.9 Å². The van der Waals surface area contributed by atoms with Gasteiger partial charge in [0.1, 0.15) is 11.5 Å². The molecular weight excluding hydrogens is 536 g/mol. The molecule has 2 heterocycles. The molecule has 8 heteroatoms. The maximum absolute atomic E-state index is 13.5. The molecule has 1 atom stereocenters. The van der Waals surface area contributed by atoms with Crippen LogP contribution in [-0.2, 0) is 9.59 Å². The number of rotatable bonds is 12. The number of aliphatic hydroxyl groups excluding tert-OH is 1. The van der Waals surface area contributed by atoms with Crippen molar-refractivity contribution in [1.82, 2.24) is 4.98 Å². The third-order valence-corrected chi connectivity index (χ3v) is 7.97. The molecule has 41 heavy (non-hydrogen) atoms. The van der Waals surface area contributed by atoms with Crippen molar-refractivity contribution in [3.8, 4) is 11.5 Å². The molecule has 7 nitrogen and oxygen atoms in total. The van der Waals surface area contributed by atoms with Crippen LogP contribution in [0.1, 0.15) is 49.8 Å². The second kappa shape index (κ2) is 12.8. The molecule has 1 aliphatic heterocycles. The van der Waals surface area contributed by atoms with Crippen LogP contribution in [0.25, 0.3) is 16.3 Å². The number of fused-ring (bicyclic) bond motifs is 1. The molecule has 0 saturated heterocycles. The molecule has 1 unspecified atom stereocenters. The highest BCUT2D eigenvalue weighted by atomic mass is 32.1. The molecule has 0 saturated carbocycles. The predicted molar refractivity (Wildman–Crippen MR) is 163 cm³/mol. The Morgan fingerprint density at radius 1 is 1.02 bits per heavy atom. The number of ether oxygens (including phenoxy) is 2. The van der Waals surface area contributed by atoms with E-state index in [9.17, 15) is 14.7 Å². The number of aromatic nitrogens is 1. The molecule has 210 valence electrons. The van der Waals surface area contributed by atoms with Gasteiger partial charge in [-0.1, -0.05) is 86.1 Å². The van der Waals surface area contributed by atoms with Gasteiger partial charge in [0.05, 0.1) is 35.5 Å². The molecule has 0 fully saturated rings. The smallest absolute Gasteiger partial charge is 0.296 e. The molecule has 1 aromatic heterocycles. The fourth-order valence-electron chi connectivity index (χ4n) is 4.78. The van der Waals surface area contributed by atoms with Gasteiger partial charge < -0.3 is 14.6 Å². The number of hydrogen-bond donors (Lipinski definition) is 1. The van der Waals surface area contributed by atoms with Crippen molar-refractivity contribution in [2.75, 3.05) is 18.6 Å². The fraction of sp³-hybridized carbons (Fsp3) is 0.242. The Bertz CT molecular complexity index is 1590. The second-order valence-electron chi connectivity index (χ2n) is 9.76. The monoisotopic (exact) mass is 568 g/mol. The zero-order valence-corrected chi connectivity index (χ0v) is 23.9. The summed E-state index contributed by atoms with van der Waals surface area (Å²) in [7, 11) is 1.59. The number of methoxy groups -OCH3 is 1. The van der Waals surface area contributed by atoms with Crippen LogP contribution >= 0.6 is 11.3 Å². The minimum Gasteiger partial charge on any atom is -0.503 e. The Balaban J connectivity index is 1.49. The molecular formula is C33H32N2O5S. The predicted octanol–water partition coefficient (Wildman–Crippen LogP) is 7.45. The van der Waals surface area contributed by atoms with Gasteiger partial charge in [0.2, 0.25) is 0 Å². The van der Waals surface area contributed by atoms with Gasteiger partial charge in [-0.25, -0.2) is 4.98 Å². The summed E-state index contributed by atoms with van der Waals surface area (Å²) in [6, 6.07) is 21.3. The van der Waals surface area contributed by atoms with Gasteiger partial charge in [0.25, 0.3) is 5.91 Å². The maximum atomic E-state index is 13.5. The minimum atomic E-state index is -0.864. The number of hydrogen-bond acceptors (Lipinski definition) is 7. The van der Waals surface area contributed by atoms with E-state index in [1.54, 1.807) is 19.3 Å². The highest BCUT2D eigenvalue weighted by molar-refractivity contribution is 7.22. The first-order valence-corrected chi connectivity index (χ1v) is 14.5. The van der Waals surface area contributed by atoms with E-state index in [1.807, 2.05) is 66.7 Å². The number of benzene rings is 3. The van der Waals surface area contributed by atoms with Crippen LogP contribution in [0.5, 0.6) is 11.5 Å². The molecule has 1 N–H and O–H groups in total. The van der Waals surface area contributed by atoms with E-state index in [4.69, 9.17) is 9.47 Å². The van der Waals surface area contributed by atoms with Crippen molar-refractivity contribution in [1.29, 1.82) is 0 Å². The number of nitrogens with zero attached hydrogens (tertiary/aromatic N) is 2. The first-order chi connectivity index (χ1) is 20.0. The Morgan fingerprint density at radius 3 is 2.51 bits per heavy atom. The van der Waals surface area contributed by atoms with E-state index in [0.717, 1.165) is 29.5 Å². The average molecular weight is 569 g/mol. The number of carbonyl (C=O) groups is 2. The third kappa shape index (κ3) is 6.18. The molecule has 0 aliphatic carbocycles. The van der Waals surface area contributed by atoms with E-state index < -0.39 is 23.5 Å². The summed E-state index contributed by atoms with van der Waals surface area (Å²) in [6.07, 6.45) is 7.50. The summed E-state index contributed by atoms with van der Waals surface area (Å²) in [5.41, 5.74) is 2.19. The van der Waals surface area contributed by atoms with Crippen molar-refractivity contribution >= 4 is 44.5 Å². The van der Waals surface area contributed by atoms with E-state index in [0.29, 0.717) is 34.3 Å². The lowest BCUT2D eigenvalue weighted by Crippen LogP contribution is -2.30. The summed E-state index contributed by atoms with van der Waals surface area (Å²) >= 11 is 1.30. The van der Waals surface area contributed by atoms with Crippen LogP contribution in [0.3, 0.4) is 0 Å². The third-order valence-electron chi connectivity index (χ3n) is 6.95.